The van der Waals surface area contributed by atoms with Crippen molar-refractivity contribution in [3.8, 4) is 11.3 Å². The number of carbonyl (C=O) groups is 1. The standard InChI is InChI=1S/C20H17BrF3N3O2S/c1-10(2)16-15(11-4-6-13(21)7-5-11)26-19(30-16)27-17-14(18(28)29-3)8-12(9-25-17)20(22,23)24/h4-10H,1-3H3,(H,25,26,27). The molecule has 10 heteroatoms. The predicted molar refractivity (Wildman–Crippen MR) is 113 cm³/mol. The number of benzene rings is 1. The van der Waals surface area contributed by atoms with Gasteiger partial charge in [0.1, 0.15) is 11.4 Å². The highest BCUT2D eigenvalue weighted by Crippen LogP contribution is 2.38. The Labute approximate surface area is 183 Å². The third-order valence-electron chi connectivity index (χ3n) is 4.14. The lowest BCUT2D eigenvalue weighted by Crippen LogP contribution is -2.12. The van der Waals surface area contributed by atoms with Crippen LogP contribution < -0.4 is 5.32 Å². The Morgan fingerprint density at radius 2 is 1.90 bits per heavy atom. The van der Waals surface area contributed by atoms with E-state index in [0.29, 0.717) is 17.4 Å². The molecule has 0 saturated heterocycles. The van der Waals surface area contributed by atoms with Crippen molar-refractivity contribution < 1.29 is 22.7 Å². The first kappa shape index (κ1) is 22.2. The van der Waals surface area contributed by atoms with Crippen molar-refractivity contribution in [3.05, 3.63) is 57.0 Å². The molecule has 0 aliphatic rings. The summed E-state index contributed by atoms with van der Waals surface area (Å²) in [6.07, 6.45) is -3.96. The van der Waals surface area contributed by atoms with Crippen molar-refractivity contribution in [2.75, 3.05) is 12.4 Å². The van der Waals surface area contributed by atoms with Crippen molar-refractivity contribution in [3.63, 3.8) is 0 Å². The molecular weight excluding hydrogens is 483 g/mol. The van der Waals surface area contributed by atoms with Gasteiger partial charge >= 0.3 is 12.1 Å². The van der Waals surface area contributed by atoms with Gasteiger partial charge in [0.15, 0.2) is 5.13 Å². The molecule has 2 aromatic heterocycles. The minimum atomic E-state index is -4.63. The van der Waals surface area contributed by atoms with Crippen LogP contribution in [0.4, 0.5) is 24.1 Å². The average molecular weight is 500 g/mol. The van der Waals surface area contributed by atoms with Gasteiger partial charge in [0.25, 0.3) is 0 Å². The first-order chi connectivity index (χ1) is 14.1. The summed E-state index contributed by atoms with van der Waals surface area (Å²) in [5, 5.41) is 3.29. The van der Waals surface area contributed by atoms with Crippen LogP contribution in [0.1, 0.15) is 40.6 Å². The summed E-state index contributed by atoms with van der Waals surface area (Å²) in [6.45, 7) is 4.05. The molecule has 0 saturated carbocycles. The lowest BCUT2D eigenvalue weighted by molar-refractivity contribution is -0.137. The molecule has 0 aliphatic carbocycles. The molecule has 0 aliphatic heterocycles. The van der Waals surface area contributed by atoms with E-state index < -0.39 is 17.7 Å². The number of hydrogen-bond donors (Lipinski definition) is 1. The summed E-state index contributed by atoms with van der Waals surface area (Å²) in [6, 6.07) is 8.36. The molecule has 0 radical (unpaired) electrons. The Morgan fingerprint density at radius 3 is 2.47 bits per heavy atom. The van der Waals surface area contributed by atoms with E-state index in [4.69, 9.17) is 0 Å². The van der Waals surface area contributed by atoms with E-state index in [1.54, 1.807) is 0 Å². The monoisotopic (exact) mass is 499 g/mol. The fraction of sp³-hybridized carbons (Fsp3) is 0.250. The van der Waals surface area contributed by atoms with Gasteiger partial charge in [-0.15, -0.1) is 11.3 Å². The maximum atomic E-state index is 13.0. The molecule has 1 aromatic carbocycles. The number of nitrogens with one attached hydrogen (secondary N) is 1. The van der Waals surface area contributed by atoms with E-state index in [1.807, 2.05) is 38.1 Å². The lowest BCUT2D eigenvalue weighted by atomic mass is 10.1. The Balaban J connectivity index is 2.03. The second kappa shape index (κ2) is 8.73. The fourth-order valence-corrected chi connectivity index (χ4v) is 3.93. The second-order valence-electron chi connectivity index (χ2n) is 6.63. The largest absolute Gasteiger partial charge is 0.465 e. The minimum Gasteiger partial charge on any atom is -0.465 e. The normalized spacial score (nSPS) is 11.6. The van der Waals surface area contributed by atoms with E-state index >= 15 is 0 Å². The molecule has 3 rings (SSSR count). The molecule has 3 aromatic rings. The number of nitrogens with zero attached hydrogens (tertiary/aromatic N) is 2. The topological polar surface area (TPSA) is 64.1 Å². The zero-order valence-corrected chi connectivity index (χ0v) is 18.6. The van der Waals surface area contributed by atoms with Crippen LogP contribution in [0, 0.1) is 0 Å². The second-order valence-corrected chi connectivity index (χ2v) is 8.57. The smallest absolute Gasteiger partial charge is 0.417 e. The average Bonchev–Trinajstić information content (AvgIpc) is 3.11. The number of halogens is 4. The molecule has 30 heavy (non-hydrogen) atoms. The van der Waals surface area contributed by atoms with E-state index in [0.717, 1.165) is 27.7 Å². The number of alkyl halides is 3. The zero-order chi connectivity index (χ0) is 22.1. The van der Waals surface area contributed by atoms with Gasteiger partial charge in [-0.05, 0) is 24.1 Å². The van der Waals surface area contributed by atoms with Crippen molar-refractivity contribution in [2.45, 2.75) is 25.9 Å². The van der Waals surface area contributed by atoms with Crippen LogP contribution in [0.25, 0.3) is 11.3 Å². The summed E-state index contributed by atoms with van der Waals surface area (Å²) in [4.78, 5) is 21.4. The summed E-state index contributed by atoms with van der Waals surface area (Å²) in [7, 11) is 1.10. The van der Waals surface area contributed by atoms with Crippen LogP contribution in [0.15, 0.2) is 41.0 Å². The number of thiazole rings is 1. The summed E-state index contributed by atoms with van der Waals surface area (Å²) >= 11 is 4.75. The lowest BCUT2D eigenvalue weighted by Gasteiger charge is -2.11. The zero-order valence-electron chi connectivity index (χ0n) is 16.2. The van der Waals surface area contributed by atoms with Gasteiger partial charge in [0.2, 0.25) is 0 Å². The molecule has 2 heterocycles. The van der Waals surface area contributed by atoms with Crippen molar-refractivity contribution in [1.29, 1.82) is 0 Å². The summed E-state index contributed by atoms with van der Waals surface area (Å²) in [5.74, 6) is -0.816. The number of pyridine rings is 1. The van der Waals surface area contributed by atoms with Gasteiger partial charge in [0.05, 0.1) is 18.4 Å². The fourth-order valence-electron chi connectivity index (χ4n) is 2.68. The summed E-state index contributed by atoms with van der Waals surface area (Å²) < 4.78 is 44.6. The van der Waals surface area contributed by atoms with E-state index in [1.165, 1.54) is 11.3 Å². The third kappa shape index (κ3) is 4.81. The molecule has 0 unspecified atom stereocenters. The molecule has 0 bridgehead atoms. The Kier molecular flexibility index (Phi) is 6.47. The maximum absolute atomic E-state index is 13.0. The van der Waals surface area contributed by atoms with Crippen LogP contribution in [-0.2, 0) is 10.9 Å². The number of rotatable bonds is 5. The highest BCUT2D eigenvalue weighted by Gasteiger charge is 2.33. The van der Waals surface area contributed by atoms with Crippen LogP contribution in [0.5, 0.6) is 0 Å². The Morgan fingerprint density at radius 1 is 1.23 bits per heavy atom. The molecule has 1 N–H and O–H groups in total. The molecule has 5 nitrogen and oxygen atoms in total. The number of hydrogen-bond acceptors (Lipinski definition) is 6. The van der Waals surface area contributed by atoms with Gasteiger partial charge in [-0.2, -0.15) is 13.2 Å². The minimum absolute atomic E-state index is 0.0544. The molecule has 0 spiro atoms. The van der Waals surface area contributed by atoms with Crippen LogP contribution >= 0.6 is 27.3 Å². The third-order valence-corrected chi connectivity index (χ3v) is 5.94. The quantitative estimate of drug-likeness (QED) is 0.398. The van der Waals surface area contributed by atoms with Gasteiger partial charge in [0, 0.05) is 21.1 Å². The van der Waals surface area contributed by atoms with E-state index in [-0.39, 0.29) is 17.3 Å². The van der Waals surface area contributed by atoms with Crippen molar-refractivity contribution in [1.82, 2.24) is 9.97 Å². The number of methoxy groups -OCH3 is 1. The Hall–Kier alpha value is -2.46. The molecular formula is C20H17BrF3N3O2S. The highest BCUT2D eigenvalue weighted by atomic mass is 79.9. The van der Waals surface area contributed by atoms with Gasteiger partial charge in [-0.3, -0.25) is 0 Å². The molecule has 0 fully saturated rings. The molecule has 158 valence electrons. The van der Waals surface area contributed by atoms with Crippen molar-refractivity contribution in [2.24, 2.45) is 0 Å². The Bertz CT molecular complexity index is 1070. The maximum Gasteiger partial charge on any atom is 0.417 e. The number of ether oxygens (including phenoxy) is 1. The van der Waals surface area contributed by atoms with Crippen LogP contribution in [0.2, 0.25) is 0 Å². The van der Waals surface area contributed by atoms with Crippen LogP contribution in [0.3, 0.4) is 0 Å². The number of carbonyl (C=O) groups excluding carboxylic acids is 1. The van der Waals surface area contributed by atoms with Gasteiger partial charge < -0.3 is 10.1 Å². The first-order valence-corrected chi connectivity index (χ1v) is 10.4. The van der Waals surface area contributed by atoms with E-state index in [9.17, 15) is 18.0 Å². The first-order valence-electron chi connectivity index (χ1n) is 8.79. The molecule has 0 amide bonds. The number of esters is 1. The van der Waals surface area contributed by atoms with Crippen LogP contribution in [-0.4, -0.2) is 23.0 Å². The van der Waals surface area contributed by atoms with Gasteiger partial charge in [-0.1, -0.05) is 41.9 Å². The predicted octanol–water partition coefficient (Wildman–Crippen LogP) is 6.64. The van der Waals surface area contributed by atoms with Gasteiger partial charge in [-0.25, -0.2) is 14.8 Å². The van der Waals surface area contributed by atoms with Crippen molar-refractivity contribution >= 4 is 44.2 Å². The molecule has 0 atom stereocenters. The number of aromatic nitrogens is 2. The number of anilines is 2. The summed E-state index contributed by atoms with van der Waals surface area (Å²) in [5.41, 5.74) is 0.307. The SMILES string of the molecule is COC(=O)c1cc(C(F)(F)F)cnc1Nc1nc(-c2ccc(Br)cc2)c(C(C)C)s1. The highest BCUT2D eigenvalue weighted by molar-refractivity contribution is 9.10. The van der Waals surface area contributed by atoms with E-state index in [2.05, 4.69) is 36.0 Å².